The first kappa shape index (κ1) is 14.6. The van der Waals surface area contributed by atoms with E-state index in [0.29, 0.717) is 5.17 Å². The molecule has 0 aliphatic carbocycles. The van der Waals surface area contributed by atoms with Gasteiger partial charge in [0.05, 0.1) is 0 Å². The molecule has 0 aliphatic heterocycles. The Bertz CT molecular complexity index is 150. The van der Waals surface area contributed by atoms with E-state index in [0.717, 1.165) is 17.9 Å². The number of hydrogen-bond donors (Lipinski definition) is 4. The van der Waals surface area contributed by atoms with Gasteiger partial charge < -0.3 is 22.7 Å². The second-order valence-corrected chi connectivity index (χ2v) is 3.30. The van der Waals surface area contributed by atoms with Gasteiger partial charge in [0.25, 0.3) is 5.17 Å². The van der Waals surface area contributed by atoms with E-state index in [1.807, 2.05) is 0 Å². The molecule has 72 valence electrons. The summed E-state index contributed by atoms with van der Waals surface area (Å²) in [4.78, 5) is 2.71. The molecule has 0 spiro atoms. The van der Waals surface area contributed by atoms with Gasteiger partial charge in [-0.1, -0.05) is 11.8 Å². The van der Waals surface area contributed by atoms with E-state index >= 15 is 0 Å². The third-order valence-corrected chi connectivity index (χ3v) is 2.08. The minimum atomic E-state index is 0. The molecule has 0 aromatic heterocycles. The molecule has 0 bridgehead atoms. The molecule has 0 radical (unpaired) electrons. The van der Waals surface area contributed by atoms with Gasteiger partial charge in [-0.05, 0) is 17.3 Å². The summed E-state index contributed by atoms with van der Waals surface area (Å²) in [5, 5.41) is 3.85. The fourth-order valence-electron chi connectivity index (χ4n) is 0.389. The van der Waals surface area contributed by atoms with Gasteiger partial charge >= 0.3 is 0 Å². The van der Waals surface area contributed by atoms with Crippen LogP contribution >= 0.6 is 24.4 Å². The molecule has 0 aliphatic rings. The molecular weight excluding hydrogens is 260 g/mol. The van der Waals surface area contributed by atoms with Crippen LogP contribution in [0.2, 0.25) is 0 Å². The molecular formula is C5H13BrN4S2. The molecule has 12 heavy (non-hydrogen) atoms. The van der Waals surface area contributed by atoms with Crippen molar-refractivity contribution < 1.29 is 22.0 Å². The van der Waals surface area contributed by atoms with Gasteiger partial charge in [-0.3, -0.25) is 5.84 Å². The van der Waals surface area contributed by atoms with Crippen LogP contribution in [0, 0.1) is 0 Å². The van der Waals surface area contributed by atoms with Crippen molar-refractivity contribution in [1.29, 1.82) is 0 Å². The lowest BCUT2D eigenvalue weighted by molar-refractivity contribution is -0.301. The van der Waals surface area contributed by atoms with Crippen molar-refractivity contribution in [1.82, 2.24) is 0 Å². The number of hydrogen-bond acceptors (Lipinski definition) is 4. The minimum absolute atomic E-state index is 0. The molecule has 0 unspecified atom stereocenters. The lowest BCUT2D eigenvalue weighted by Crippen LogP contribution is -3.00. The van der Waals surface area contributed by atoms with Crippen molar-refractivity contribution >= 4 is 35.9 Å². The summed E-state index contributed by atoms with van der Waals surface area (Å²) >= 11 is 5.59. The molecule has 0 rings (SSSR count). The maximum absolute atomic E-state index is 5.50. The Morgan fingerprint density at radius 3 is 2.83 bits per heavy atom. The Morgan fingerprint density at radius 1 is 1.67 bits per heavy atom. The highest BCUT2D eigenvalue weighted by Gasteiger charge is 1.94. The van der Waals surface area contributed by atoms with Crippen LogP contribution < -0.4 is 33.6 Å². The predicted molar refractivity (Wildman–Crippen MR) is 53.8 cm³/mol. The van der Waals surface area contributed by atoms with Crippen LogP contribution in [-0.4, -0.2) is 23.0 Å². The Balaban J connectivity index is 0. The number of thioether (sulfide) groups is 1. The first-order valence-electron chi connectivity index (χ1n) is 3.15. The molecule has 0 fully saturated rings. The second kappa shape index (κ2) is 11.1. The highest BCUT2D eigenvalue weighted by Crippen LogP contribution is 1.98. The predicted octanol–water partition coefficient (Wildman–Crippen LogP) is -4.66. The Kier molecular flexibility index (Phi) is 13.6. The summed E-state index contributed by atoms with van der Waals surface area (Å²) in [5.41, 5.74) is 5.50. The number of nitrogens with one attached hydrogen (secondary N) is 1. The van der Waals surface area contributed by atoms with Crippen molar-refractivity contribution in [2.75, 3.05) is 11.5 Å². The monoisotopic (exact) mass is 272 g/mol. The molecule has 0 heterocycles. The summed E-state index contributed by atoms with van der Waals surface area (Å²) in [7, 11) is 0. The molecule has 0 aromatic carbocycles. The molecule has 0 saturated heterocycles. The van der Waals surface area contributed by atoms with Crippen molar-refractivity contribution in [2.45, 2.75) is 6.42 Å². The minimum Gasteiger partial charge on any atom is -1.00 e. The number of thiol groups is 1. The zero-order valence-electron chi connectivity index (χ0n) is 6.53. The number of amidine groups is 1. The zero-order valence-corrected chi connectivity index (χ0v) is 9.83. The van der Waals surface area contributed by atoms with Crippen molar-refractivity contribution in [2.24, 2.45) is 16.7 Å². The van der Waals surface area contributed by atoms with Crippen LogP contribution in [0.25, 0.3) is 0 Å². The molecule has 5 N–H and O–H groups in total. The number of nitrogens with two attached hydrogens (primary N) is 2. The van der Waals surface area contributed by atoms with Crippen LogP contribution in [0.3, 0.4) is 0 Å². The molecule has 7 heteroatoms. The maximum atomic E-state index is 5.50. The molecule has 0 saturated carbocycles. The largest absolute Gasteiger partial charge is 1.00 e. The van der Waals surface area contributed by atoms with E-state index in [2.05, 4.69) is 22.7 Å². The maximum Gasteiger partial charge on any atom is 0.252 e. The fourth-order valence-corrected chi connectivity index (χ4v) is 1.41. The Labute approximate surface area is 92.4 Å². The average molecular weight is 273 g/mol. The van der Waals surface area contributed by atoms with Gasteiger partial charge in [0.2, 0.25) is 6.34 Å². The summed E-state index contributed by atoms with van der Waals surface area (Å²) in [5.74, 6) is 6.69. The van der Waals surface area contributed by atoms with Gasteiger partial charge in [-0.25, -0.2) is 4.99 Å². The third-order valence-electron chi connectivity index (χ3n) is 0.841. The van der Waals surface area contributed by atoms with Crippen LogP contribution in [-0.2, 0) is 0 Å². The lowest BCUT2D eigenvalue weighted by atomic mass is 10.6. The quantitative estimate of drug-likeness (QED) is 0.104. The van der Waals surface area contributed by atoms with Crippen LogP contribution in [0.4, 0.5) is 0 Å². The van der Waals surface area contributed by atoms with Crippen molar-refractivity contribution in [3.63, 3.8) is 0 Å². The van der Waals surface area contributed by atoms with E-state index in [9.17, 15) is 0 Å². The molecule has 0 amide bonds. The summed E-state index contributed by atoms with van der Waals surface area (Å²) in [6.45, 7) is 0. The van der Waals surface area contributed by atoms with Gasteiger partial charge in [0.15, 0.2) is 0 Å². The SMILES string of the molecule is N/N=C/[NH+]=C(N)SCCCS.[Br-]. The number of nitrogens with zero attached hydrogens (tertiary/aromatic N) is 1. The van der Waals surface area contributed by atoms with E-state index in [4.69, 9.17) is 11.6 Å². The summed E-state index contributed by atoms with van der Waals surface area (Å²) in [6.07, 6.45) is 2.39. The zero-order chi connectivity index (χ0) is 8.53. The molecule has 0 aromatic rings. The topological polar surface area (TPSA) is 78.4 Å². The van der Waals surface area contributed by atoms with E-state index < -0.39 is 0 Å². The van der Waals surface area contributed by atoms with Crippen molar-refractivity contribution in [3.8, 4) is 0 Å². The third kappa shape index (κ3) is 10.1. The van der Waals surface area contributed by atoms with E-state index in [-0.39, 0.29) is 17.0 Å². The van der Waals surface area contributed by atoms with E-state index in [1.54, 1.807) is 0 Å². The van der Waals surface area contributed by atoms with Crippen LogP contribution in [0.1, 0.15) is 6.42 Å². The van der Waals surface area contributed by atoms with E-state index in [1.165, 1.54) is 18.1 Å². The Morgan fingerprint density at radius 2 is 2.33 bits per heavy atom. The number of rotatable bonds is 4. The van der Waals surface area contributed by atoms with Crippen LogP contribution in [0.15, 0.2) is 5.10 Å². The first-order valence-corrected chi connectivity index (χ1v) is 4.77. The summed E-state index contributed by atoms with van der Waals surface area (Å²) in [6, 6.07) is 0. The fraction of sp³-hybridized carbons (Fsp3) is 0.600. The standard InChI is InChI=1S/C5H12N4S2.BrH/c6-5(8-4-9-7)11-3-1-2-10;/h4,10H,1-3,7H2,(H2,6,8,9);1H. The molecule has 4 nitrogen and oxygen atoms in total. The lowest BCUT2D eigenvalue weighted by Gasteiger charge is -1.92. The number of hydrazone groups is 1. The summed E-state index contributed by atoms with van der Waals surface area (Å²) < 4.78 is 0. The highest BCUT2D eigenvalue weighted by atomic mass is 79.9. The Hall–Kier alpha value is 0.120. The first-order chi connectivity index (χ1) is 5.31. The van der Waals surface area contributed by atoms with Gasteiger partial charge in [0.1, 0.15) is 0 Å². The van der Waals surface area contributed by atoms with Gasteiger partial charge in [0, 0.05) is 5.75 Å². The normalized spacial score (nSPS) is 11.6. The molecule has 0 atom stereocenters. The van der Waals surface area contributed by atoms with Crippen LogP contribution in [0.5, 0.6) is 0 Å². The van der Waals surface area contributed by atoms with Crippen molar-refractivity contribution in [3.05, 3.63) is 0 Å². The smallest absolute Gasteiger partial charge is 0.252 e. The highest BCUT2D eigenvalue weighted by molar-refractivity contribution is 8.13. The van der Waals surface area contributed by atoms with Gasteiger partial charge in [-0.15, -0.1) is 0 Å². The second-order valence-electron chi connectivity index (χ2n) is 1.71. The van der Waals surface area contributed by atoms with Gasteiger partial charge in [-0.2, -0.15) is 12.6 Å². The average Bonchev–Trinajstić information content (AvgIpc) is 2.01. The number of halogens is 1.